The van der Waals surface area contributed by atoms with Crippen molar-refractivity contribution in [1.82, 2.24) is 4.31 Å². The van der Waals surface area contributed by atoms with Gasteiger partial charge in [-0.25, -0.2) is 8.42 Å². The quantitative estimate of drug-likeness (QED) is 0.545. The lowest BCUT2D eigenvalue weighted by molar-refractivity contribution is 0.362. The normalized spacial score (nSPS) is 27.9. The molecule has 4 rings (SSSR count). The first-order valence-electron chi connectivity index (χ1n) is 10.4. The van der Waals surface area contributed by atoms with E-state index >= 15 is 0 Å². The van der Waals surface area contributed by atoms with E-state index in [0.29, 0.717) is 22.9 Å². The summed E-state index contributed by atoms with van der Waals surface area (Å²) < 4.78 is 29.3. The molecule has 1 heterocycles. The van der Waals surface area contributed by atoms with Crippen LogP contribution in [0.1, 0.15) is 29.9 Å². The van der Waals surface area contributed by atoms with Crippen molar-refractivity contribution in [3.8, 4) is 0 Å². The van der Waals surface area contributed by atoms with E-state index in [0.717, 1.165) is 23.4 Å². The van der Waals surface area contributed by atoms with Crippen LogP contribution in [0.3, 0.4) is 0 Å². The maximum Gasteiger partial charge on any atom is 0.243 e. The monoisotopic (exact) mass is 447 g/mol. The van der Waals surface area contributed by atoms with Gasteiger partial charge in [0.25, 0.3) is 0 Å². The van der Waals surface area contributed by atoms with E-state index in [1.807, 2.05) is 35.5 Å². The molecule has 29 heavy (non-hydrogen) atoms. The molecule has 2 aliphatic rings. The number of sulfonamides is 1. The molecule has 0 N–H and O–H groups in total. The minimum absolute atomic E-state index is 0.105. The Kier molecular flexibility index (Phi) is 5.47. The van der Waals surface area contributed by atoms with Gasteiger partial charge in [0.1, 0.15) is 0 Å². The number of fused-ring (bicyclic) bond motifs is 1. The van der Waals surface area contributed by atoms with Gasteiger partial charge in [0.2, 0.25) is 10.0 Å². The summed E-state index contributed by atoms with van der Waals surface area (Å²) >= 11 is 6.11. The van der Waals surface area contributed by atoms with Crippen LogP contribution in [0.2, 0.25) is 30.2 Å². The maximum atomic E-state index is 13.7. The van der Waals surface area contributed by atoms with Crippen molar-refractivity contribution < 1.29 is 8.42 Å². The summed E-state index contributed by atoms with van der Waals surface area (Å²) in [5.41, 5.74) is 2.77. The lowest BCUT2D eigenvalue weighted by Gasteiger charge is -2.35. The van der Waals surface area contributed by atoms with Gasteiger partial charge in [-0.3, -0.25) is 0 Å². The summed E-state index contributed by atoms with van der Waals surface area (Å²) in [4.78, 5) is 0.417. The Bertz CT molecular complexity index is 983. The standard InChI is InChI=1S/C23H30ClNO2SSi/c1-16-5-11-19(12-6-16)28(26,27)25-15-21(17-7-9-18(24)10-8-17)20-13-14-22(23(20)25)29(2,3)4/h5-12,20-23H,13-15H2,1-4H3. The molecule has 1 aliphatic heterocycles. The van der Waals surface area contributed by atoms with Crippen LogP contribution in [0.15, 0.2) is 53.4 Å². The summed E-state index contributed by atoms with van der Waals surface area (Å²) in [6.45, 7) is 9.69. The second kappa shape index (κ2) is 7.52. The Morgan fingerprint density at radius 2 is 1.59 bits per heavy atom. The molecule has 3 nitrogen and oxygen atoms in total. The molecule has 0 bridgehead atoms. The van der Waals surface area contributed by atoms with E-state index in [1.54, 1.807) is 12.1 Å². The smallest absolute Gasteiger partial charge is 0.207 e. The highest BCUT2D eigenvalue weighted by Gasteiger charge is 2.56. The van der Waals surface area contributed by atoms with Crippen LogP contribution < -0.4 is 0 Å². The van der Waals surface area contributed by atoms with Crippen molar-refractivity contribution in [1.29, 1.82) is 0 Å². The number of aryl methyl sites for hydroxylation is 1. The summed E-state index contributed by atoms with van der Waals surface area (Å²) in [5, 5.41) is 0.721. The Morgan fingerprint density at radius 3 is 2.17 bits per heavy atom. The molecule has 0 aromatic heterocycles. The van der Waals surface area contributed by atoms with Crippen LogP contribution >= 0.6 is 11.6 Å². The van der Waals surface area contributed by atoms with E-state index in [4.69, 9.17) is 11.6 Å². The fraction of sp³-hybridized carbons (Fsp3) is 0.478. The minimum Gasteiger partial charge on any atom is -0.207 e. The van der Waals surface area contributed by atoms with Gasteiger partial charge in [0, 0.05) is 31.6 Å². The predicted molar refractivity (Wildman–Crippen MR) is 123 cm³/mol. The SMILES string of the molecule is Cc1ccc(S(=O)(=O)N2CC(c3ccc(Cl)cc3)C3CCC([Si](C)(C)C)C32)cc1. The largest absolute Gasteiger partial charge is 0.243 e. The van der Waals surface area contributed by atoms with Gasteiger partial charge in [-0.2, -0.15) is 4.31 Å². The molecule has 1 aliphatic carbocycles. The highest BCUT2D eigenvalue weighted by atomic mass is 35.5. The molecule has 0 radical (unpaired) electrons. The van der Waals surface area contributed by atoms with Gasteiger partial charge in [-0.15, -0.1) is 0 Å². The fourth-order valence-corrected chi connectivity index (χ4v) is 9.88. The van der Waals surface area contributed by atoms with Gasteiger partial charge in [-0.05, 0) is 54.6 Å². The van der Waals surface area contributed by atoms with E-state index < -0.39 is 18.1 Å². The molecular formula is C23H30ClNO2SSi. The van der Waals surface area contributed by atoms with E-state index in [9.17, 15) is 8.42 Å². The van der Waals surface area contributed by atoms with Crippen LogP contribution in [0.4, 0.5) is 0 Å². The molecule has 1 saturated heterocycles. The van der Waals surface area contributed by atoms with Crippen LogP contribution in [0.5, 0.6) is 0 Å². The van der Waals surface area contributed by atoms with Crippen molar-refractivity contribution in [3.63, 3.8) is 0 Å². The number of nitrogens with zero attached hydrogens (tertiary/aromatic N) is 1. The molecule has 156 valence electrons. The zero-order valence-corrected chi connectivity index (χ0v) is 20.2. The van der Waals surface area contributed by atoms with Gasteiger partial charge < -0.3 is 0 Å². The third-order valence-corrected chi connectivity index (χ3v) is 11.9. The molecule has 0 amide bonds. The van der Waals surface area contributed by atoms with Crippen LogP contribution in [0.25, 0.3) is 0 Å². The average molecular weight is 448 g/mol. The van der Waals surface area contributed by atoms with Crippen LogP contribution in [0, 0.1) is 12.8 Å². The van der Waals surface area contributed by atoms with Gasteiger partial charge in [0.15, 0.2) is 0 Å². The van der Waals surface area contributed by atoms with E-state index in [-0.39, 0.29) is 12.0 Å². The summed E-state index contributed by atoms with van der Waals surface area (Å²) in [6.07, 6.45) is 2.24. The van der Waals surface area contributed by atoms with Crippen molar-refractivity contribution in [2.24, 2.45) is 5.92 Å². The Hall–Kier alpha value is -1.14. The number of hydrogen-bond donors (Lipinski definition) is 0. The Labute approximate surface area is 181 Å². The minimum atomic E-state index is -3.52. The average Bonchev–Trinajstić information content (AvgIpc) is 3.23. The first kappa shape index (κ1) is 21.1. The molecule has 1 saturated carbocycles. The predicted octanol–water partition coefficient (Wildman–Crippen LogP) is 5.92. The molecule has 2 fully saturated rings. The molecule has 4 atom stereocenters. The molecule has 4 unspecified atom stereocenters. The number of halogens is 1. The third-order valence-electron chi connectivity index (χ3n) is 6.93. The van der Waals surface area contributed by atoms with Gasteiger partial charge >= 0.3 is 0 Å². The lowest BCUT2D eigenvalue weighted by Crippen LogP contribution is -2.44. The fourth-order valence-electron chi connectivity index (χ4n) is 5.43. The van der Waals surface area contributed by atoms with Crippen molar-refractivity contribution >= 4 is 29.7 Å². The lowest BCUT2D eigenvalue weighted by atomic mass is 9.86. The second-order valence-corrected chi connectivity index (χ2v) is 17.6. The van der Waals surface area contributed by atoms with E-state index in [1.165, 1.54) is 5.56 Å². The third kappa shape index (κ3) is 3.83. The highest BCUT2D eigenvalue weighted by molar-refractivity contribution is 7.89. The van der Waals surface area contributed by atoms with Crippen molar-refractivity contribution in [3.05, 3.63) is 64.7 Å². The number of hydrogen-bond acceptors (Lipinski definition) is 2. The van der Waals surface area contributed by atoms with Crippen LogP contribution in [-0.4, -0.2) is 33.4 Å². The summed E-state index contributed by atoms with van der Waals surface area (Å²) in [6, 6.07) is 15.4. The summed E-state index contributed by atoms with van der Waals surface area (Å²) in [5.74, 6) is 0.618. The molecule has 6 heteroatoms. The number of benzene rings is 2. The first-order chi connectivity index (χ1) is 13.6. The molecular weight excluding hydrogens is 418 g/mol. The van der Waals surface area contributed by atoms with Crippen molar-refractivity contribution in [2.75, 3.05) is 6.54 Å². The Morgan fingerprint density at radius 1 is 0.966 bits per heavy atom. The molecule has 2 aromatic rings. The van der Waals surface area contributed by atoms with Gasteiger partial charge in [-0.1, -0.05) is 67.5 Å². The van der Waals surface area contributed by atoms with E-state index in [2.05, 4.69) is 31.8 Å². The van der Waals surface area contributed by atoms with Gasteiger partial charge in [0.05, 0.1) is 4.90 Å². The first-order valence-corrected chi connectivity index (χ1v) is 15.8. The Balaban J connectivity index is 1.77. The maximum absolute atomic E-state index is 13.7. The summed E-state index contributed by atoms with van der Waals surface area (Å²) in [7, 11) is -5.03. The number of rotatable bonds is 4. The zero-order valence-electron chi connectivity index (χ0n) is 17.6. The second-order valence-electron chi connectivity index (χ2n) is 9.75. The highest BCUT2D eigenvalue weighted by Crippen LogP contribution is 2.55. The zero-order chi connectivity index (χ0) is 21.0. The molecule has 0 spiro atoms. The topological polar surface area (TPSA) is 37.4 Å². The molecule has 2 aromatic carbocycles. The van der Waals surface area contributed by atoms with Crippen molar-refractivity contribution in [2.45, 2.75) is 61.8 Å². The van der Waals surface area contributed by atoms with Crippen LogP contribution in [-0.2, 0) is 10.0 Å².